The number of hydrogen-bond acceptors (Lipinski definition) is 3. The maximum absolute atomic E-state index is 5.37. The molecule has 1 aliphatic rings. The Balaban J connectivity index is 2.00. The van der Waals surface area contributed by atoms with Gasteiger partial charge in [-0.1, -0.05) is 19.9 Å². The number of methoxy groups -OCH3 is 2. The van der Waals surface area contributed by atoms with Crippen molar-refractivity contribution in [2.24, 2.45) is 11.3 Å². The fourth-order valence-electron chi connectivity index (χ4n) is 2.72. The summed E-state index contributed by atoms with van der Waals surface area (Å²) in [5, 5.41) is 3.68. The van der Waals surface area contributed by atoms with Crippen LogP contribution >= 0.6 is 0 Å². The maximum Gasteiger partial charge on any atom is 0.161 e. The number of hydrogen-bond donors (Lipinski definition) is 1. The zero-order valence-corrected chi connectivity index (χ0v) is 13.3. The van der Waals surface area contributed by atoms with Crippen LogP contribution in [0.1, 0.15) is 45.2 Å². The number of nitrogens with one attached hydrogen (secondary N) is 1. The van der Waals surface area contributed by atoms with Gasteiger partial charge in [-0.15, -0.1) is 0 Å². The van der Waals surface area contributed by atoms with Gasteiger partial charge in [-0.3, -0.25) is 0 Å². The molecular weight excluding hydrogens is 250 g/mol. The highest BCUT2D eigenvalue weighted by atomic mass is 16.5. The van der Waals surface area contributed by atoms with Crippen LogP contribution in [0.15, 0.2) is 18.2 Å². The molecule has 1 saturated carbocycles. The van der Waals surface area contributed by atoms with Crippen molar-refractivity contribution in [3.8, 4) is 11.5 Å². The molecule has 112 valence electrons. The molecule has 0 aliphatic heterocycles. The van der Waals surface area contributed by atoms with Gasteiger partial charge in [-0.05, 0) is 48.8 Å². The van der Waals surface area contributed by atoms with Crippen LogP contribution in [0.3, 0.4) is 0 Å². The minimum atomic E-state index is 0.325. The van der Waals surface area contributed by atoms with Crippen molar-refractivity contribution in [3.05, 3.63) is 23.8 Å². The third-order valence-corrected chi connectivity index (χ3v) is 4.78. The molecule has 2 rings (SSSR count). The fraction of sp³-hybridized carbons (Fsp3) is 0.647. The van der Waals surface area contributed by atoms with Gasteiger partial charge in [0.1, 0.15) is 0 Å². The van der Waals surface area contributed by atoms with Crippen LogP contribution in [-0.2, 0) is 0 Å². The first-order chi connectivity index (χ1) is 9.52. The van der Waals surface area contributed by atoms with Crippen LogP contribution in [-0.4, -0.2) is 20.8 Å². The Kier molecular flexibility index (Phi) is 4.59. The lowest BCUT2D eigenvalue weighted by Gasteiger charge is -2.23. The van der Waals surface area contributed by atoms with Gasteiger partial charge < -0.3 is 14.8 Å². The molecule has 1 atom stereocenters. The molecule has 0 bridgehead atoms. The maximum atomic E-state index is 5.37. The third-order valence-electron chi connectivity index (χ3n) is 4.78. The van der Waals surface area contributed by atoms with Crippen LogP contribution in [0.25, 0.3) is 0 Å². The molecule has 1 aliphatic carbocycles. The summed E-state index contributed by atoms with van der Waals surface area (Å²) >= 11 is 0. The molecule has 0 spiro atoms. The standard InChI is InChI=1S/C17H27NO2/c1-12(2)17(8-9-17)11-18-13(3)14-6-7-15(19-4)16(10-14)20-5/h6-7,10,12-13,18H,8-9,11H2,1-5H3. The quantitative estimate of drug-likeness (QED) is 0.822. The second kappa shape index (κ2) is 6.04. The predicted octanol–water partition coefficient (Wildman–Crippen LogP) is 3.79. The minimum Gasteiger partial charge on any atom is -0.493 e. The van der Waals surface area contributed by atoms with E-state index in [1.165, 1.54) is 18.4 Å². The summed E-state index contributed by atoms with van der Waals surface area (Å²) in [6, 6.07) is 6.47. The van der Waals surface area contributed by atoms with Gasteiger partial charge in [-0.25, -0.2) is 0 Å². The van der Waals surface area contributed by atoms with Gasteiger partial charge in [0.15, 0.2) is 11.5 Å². The Morgan fingerprint density at radius 2 is 1.75 bits per heavy atom. The molecule has 1 aromatic rings. The molecule has 1 aromatic carbocycles. The van der Waals surface area contributed by atoms with E-state index in [-0.39, 0.29) is 0 Å². The van der Waals surface area contributed by atoms with Crippen molar-refractivity contribution in [2.45, 2.75) is 39.7 Å². The van der Waals surface area contributed by atoms with Crippen molar-refractivity contribution in [1.29, 1.82) is 0 Å². The largest absolute Gasteiger partial charge is 0.493 e. The Bertz CT molecular complexity index is 452. The molecule has 0 radical (unpaired) electrons. The minimum absolute atomic E-state index is 0.325. The Morgan fingerprint density at radius 1 is 1.10 bits per heavy atom. The lowest BCUT2D eigenvalue weighted by molar-refractivity contribution is 0.324. The van der Waals surface area contributed by atoms with Crippen molar-refractivity contribution in [2.75, 3.05) is 20.8 Å². The Morgan fingerprint density at radius 3 is 2.25 bits per heavy atom. The summed E-state index contributed by atoms with van der Waals surface area (Å²) in [6.45, 7) is 7.96. The zero-order valence-electron chi connectivity index (χ0n) is 13.3. The SMILES string of the molecule is COc1ccc(C(C)NCC2(C(C)C)CC2)cc1OC. The molecule has 0 aromatic heterocycles. The monoisotopic (exact) mass is 277 g/mol. The van der Waals surface area contributed by atoms with Gasteiger partial charge >= 0.3 is 0 Å². The molecule has 3 nitrogen and oxygen atoms in total. The van der Waals surface area contributed by atoms with Crippen LogP contribution in [0.2, 0.25) is 0 Å². The highest BCUT2D eigenvalue weighted by Gasteiger charge is 2.44. The lowest BCUT2D eigenvalue weighted by Crippen LogP contribution is -2.29. The third kappa shape index (κ3) is 3.09. The molecule has 0 amide bonds. The van der Waals surface area contributed by atoms with E-state index in [1.807, 2.05) is 6.07 Å². The second-order valence-corrected chi connectivity index (χ2v) is 6.23. The normalized spacial score (nSPS) is 17.9. The van der Waals surface area contributed by atoms with E-state index in [0.29, 0.717) is 11.5 Å². The van der Waals surface area contributed by atoms with Crippen molar-refractivity contribution >= 4 is 0 Å². The Hall–Kier alpha value is -1.22. The first-order valence-electron chi connectivity index (χ1n) is 7.48. The summed E-state index contributed by atoms with van der Waals surface area (Å²) in [6.07, 6.45) is 2.71. The van der Waals surface area contributed by atoms with Gasteiger partial charge in [0.25, 0.3) is 0 Å². The van der Waals surface area contributed by atoms with Crippen LogP contribution in [0.5, 0.6) is 11.5 Å². The Labute approximate surface area is 122 Å². The van der Waals surface area contributed by atoms with Crippen molar-refractivity contribution < 1.29 is 9.47 Å². The van der Waals surface area contributed by atoms with E-state index in [1.54, 1.807) is 14.2 Å². The van der Waals surface area contributed by atoms with E-state index in [9.17, 15) is 0 Å². The van der Waals surface area contributed by atoms with Gasteiger partial charge in [0, 0.05) is 12.6 Å². The van der Waals surface area contributed by atoms with E-state index in [0.717, 1.165) is 24.0 Å². The van der Waals surface area contributed by atoms with Gasteiger partial charge in [0.2, 0.25) is 0 Å². The summed E-state index contributed by atoms with van der Waals surface area (Å²) in [5.74, 6) is 2.33. The van der Waals surface area contributed by atoms with E-state index in [2.05, 4.69) is 38.2 Å². The smallest absolute Gasteiger partial charge is 0.161 e. The predicted molar refractivity (Wildman–Crippen MR) is 82.5 cm³/mol. The highest BCUT2D eigenvalue weighted by molar-refractivity contribution is 5.43. The number of ether oxygens (including phenoxy) is 2. The van der Waals surface area contributed by atoms with Gasteiger partial charge in [-0.2, -0.15) is 0 Å². The van der Waals surface area contributed by atoms with E-state index >= 15 is 0 Å². The topological polar surface area (TPSA) is 30.5 Å². The molecular formula is C17H27NO2. The van der Waals surface area contributed by atoms with E-state index in [4.69, 9.17) is 9.47 Å². The van der Waals surface area contributed by atoms with E-state index < -0.39 is 0 Å². The van der Waals surface area contributed by atoms with Crippen LogP contribution < -0.4 is 14.8 Å². The highest BCUT2D eigenvalue weighted by Crippen LogP contribution is 2.51. The summed E-state index contributed by atoms with van der Waals surface area (Å²) in [5.41, 5.74) is 1.77. The van der Waals surface area contributed by atoms with Gasteiger partial charge in [0.05, 0.1) is 14.2 Å². The fourth-order valence-corrected chi connectivity index (χ4v) is 2.72. The van der Waals surface area contributed by atoms with Crippen LogP contribution in [0.4, 0.5) is 0 Å². The molecule has 1 unspecified atom stereocenters. The average Bonchev–Trinajstić information content (AvgIpc) is 3.25. The van der Waals surface area contributed by atoms with Crippen molar-refractivity contribution in [3.63, 3.8) is 0 Å². The molecule has 3 heteroatoms. The molecule has 1 fully saturated rings. The van der Waals surface area contributed by atoms with Crippen LogP contribution in [0, 0.1) is 11.3 Å². The second-order valence-electron chi connectivity index (χ2n) is 6.23. The first-order valence-corrected chi connectivity index (χ1v) is 7.48. The summed E-state index contributed by atoms with van der Waals surface area (Å²) in [7, 11) is 3.34. The zero-order chi connectivity index (χ0) is 14.8. The summed E-state index contributed by atoms with van der Waals surface area (Å²) in [4.78, 5) is 0. The number of benzene rings is 1. The first kappa shape index (κ1) is 15.2. The molecule has 20 heavy (non-hydrogen) atoms. The molecule has 1 N–H and O–H groups in total. The average molecular weight is 277 g/mol. The molecule has 0 saturated heterocycles. The molecule has 0 heterocycles. The van der Waals surface area contributed by atoms with Crippen molar-refractivity contribution in [1.82, 2.24) is 5.32 Å². The number of rotatable bonds is 7. The summed E-state index contributed by atoms with van der Waals surface area (Å²) < 4.78 is 10.7. The lowest BCUT2D eigenvalue weighted by atomic mass is 9.92.